The molecule has 6 heteroatoms. The summed E-state index contributed by atoms with van der Waals surface area (Å²) in [7, 11) is 1.79. The number of nitrogens with zero attached hydrogens (tertiary/aromatic N) is 3. The zero-order valence-corrected chi connectivity index (χ0v) is 14.1. The summed E-state index contributed by atoms with van der Waals surface area (Å²) < 4.78 is 5.25. The molecule has 6 nitrogen and oxygen atoms in total. The number of hydrogen-bond donors (Lipinski definition) is 2. The van der Waals surface area contributed by atoms with Crippen LogP contribution in [0, 0.1) is 0 Å². The van der Waals surface area contributed by atoms with Gasteiger partial charge >= 0.3 is 0 Å². The predicted octanol–water partition coefficient (Wildman–Crippen LogP) is 2.42. The van der Waals surface area contributed by atoms with Crippen molar-refractivity contribution in [2.24, 2.45) is 4.99 Å². The van der Waals surface area contributed by atoms with Crippen molar-refractivity contribution < 1.29 is 4.52 Å². The minimum atomic E-state index is 0.579. The van der Waals surface area contributed by atoms with E-state index >= 15 is 0 Å². The lowest BCUT2D eigenvalue weighted by Gasteiger charge is -2.11. The van der Waals surface area contributed by atoms with E-state index in [0.29, 0.717) is 5.89 Å². The molecule has 124 valence electrons. The molecular weight excluding hydrogens is 290 g/mol. The van der Waals surface area contributed by atoms with E-state index in [9.17, 15) is 0 Å². The Morgan fingerprint density at radius 1 is 1.13 bits per heavy atom. The summed E-state index contributed by atoms with van der Waals surface area (Å²) in [5.74, 6) is 2.16. The predicted molar refractivity (Wildman–Crippen MR) is 92.5 cm³/mol. The molecule has 1 aromatic carbocycles. The number of aliphatic imine (C=N–C) groups is 1. The van der Waals surface area contributed by atoms with Crippen LogP contribution in [-0.4, -0.2) is 36.2 Å². The lowest BCUT2D eigenvalue weighted by molar-refractivity contribution is 0.423. The lowest BCUT2D eigenvalue weighted by Crippen LogP contribution is -2.38. The van der Waals surface area contributed by atoms with Crippen molar-refractivity contribution in [3.63, 3.8) is 0 Å². The summed E-state index contributed by atoms with van der Waals surface area (Å²) in [5.41, 5.74) is 2.21. The number of rotatable bonds is 7. The van der Waals surface area contributed by atoms with Crippen LogP contribution in [0.1, 0.15) is 31.7 Å². The number of aromatic nitrogens is 2. The first-order valence-electron chi connectivity index (χ1n) is 8.13. The van der Waals surface area contributed by atoms with E-state index < -0.39 is 0 Å². The van der Waals surface area contributed by atoms with Crippen LogP contribution in [0.4, 0.5) is 0 Å². The number of nitrogens with one attached hydrogen (secondary N) is 2. The van der Waals surface area contributed by atoms with E-state index in [2.05, 4.69) is 44.8 Å². The maximum absolute atomic E-state index is 5.25. The summed E-state index contributed by atoms with van der Waals surface area (Å²) in [6.45, 7) is 5.91. The smallest absolute Gasteiger partial charge is 0.257 e. The zero-order chi connectivity index (χ0) is 16.5. The van der Waals surface area contributed by atoms with Gasteiger partial charge in [0.2, 0.25) is 0 Å². The molecule has 0 saturated heterocycles. The van der Waals surface area contributed by atoms with Crippen molar-refractivity contribution in [2.75, 3.05) is 20.1 Å². The van der Waals surface area contributed by atoms with E-state index in [4.69, 9.17) is 4.52 Å². The monoisotopic (exact) mass is 315 g/mol. The maximum atomic E-state index is 5.25. The highest BCUT2D eigenvalue weighted by Gasteiger charge is 2.07. The summed E-state index contributed by atoms with van der Waals surface area (Å²) in [5, 5.41) is 10.5. The molecule has 0 atom stereocenters. The quantitative estimate of drug-likeness (QED) is 0.606. The molecule has 1 aromatic heterocycles. The van der Waals surface area contributed by atoms with Gasteiger partial charge in [0, 0.05) is 32.1 Å². The molecule has 0 radical (unpaired) electrons. The van der Waals surface area contributed by atoms with Crippen molar-refractivity contribution in [2.45, 2.75) is 33.1 Å². The molecular formula is C17H25N5O. The van der Waals surface area contributed by atoms with E-state index in [0.717, 1.165) is 49.7 Å². The van der Waals surface area contributed by atoms with Crippen molar-refractivity contribution in [3.05, 3.63) is 35.7 Å². The van der Waals surface area contributed by atoms with Crippen LogP contribution in [0.2, 0.25) is 0 Å². The largest absolute Gasteiger partial charge is 0.356 e. The first-order valence-corrected chi connectivity index (χ1v) is 8.13. The van der Waals surface area contributed by atoms with Gasteiger partial charge in [-0.25, -0.2) is 0 Å². The van der Waals surface area contributed by atoms with Gasteiger partial charge in [-0.2, -0.15) is 4.98 Å². The fraction of sp³-hybridized carbons (Fsp3) is 0.471. The Morgan fingerprint density at radius 2 is 1.87 bits per heavy atom. The fourth-order valence-electron chi connectivity index (χ4n) is 2.12. The highest BCUT2D eigenvalue weighted by Crippen LogP contribution is 2.18. The third-order valence-corrected chi connectivity index (χ3v) is 3.46. The molecule has 0 amide bonds. The molecule has 0 spiro atoms. The zero-order valence-electron chi connectivity index (χ0n) is 14.1. The van der Waals surface area contributed by atoms with Gasteiger partial charge in [0.05, 0.1) is 0 Å². The first-order chi connectivity index (χ1) is 11.3. The fourth-order valence-corrected chi connectivity index (χ4v) is 2.12. The second-order valence-corrected chi connectivity index (χ2v) is 5.24. The van der Waals surface area contributed by atoms with Crippen LogP contribution in [0.3, 0.4) is 0 Å². The van der Waals surface area contributed by atoms with Gasteiger partial charge in [0.15, 0.2) is 11.8 Å². The molecule has 1 heterocycles. The second kappa shape index (κ2) is 8.92. The average Bonchev–Trinajstić information content (AvgIpc) is 3.07. The Morgan fingerprint density at radius 3 is 2.48 bits per heavy atom. The van der Waals surface area contributed by atoms with Gasteiger partial charge in [0.1, 0.15) is 0 Å². The number of benzene rings is 1. The summed E-state index contributed by atoms with van der Waals surface area (Å²) in [4.78, 5) is 8.53. The van der Waals surface area contributed by atoms with Crippen LogP contribution < -0.4 is 10.6 Å². The third-order valence-electron chi connectivity index (χ3n) is 3.46. The second-order valence-electron chi connectivity index (χ2n) is 5.24. The van der Waals surface area contributed by atoms with Crippen molar-refractivity contribution in [1.29, 1.82) is 0 Å². The Hall–Kier alpha value is -2.37. The number of guanidine groups is 1. The van der Waals surface area contributed by atoms with Crippen LogP contribution in [0.15, 0.2) is 33.8 Å². The van der Waals surface area contributed by atoms with Gasteiger partial charge < -0.3 is 15.2 Å². The Labute approximate surface area is 137 Å². The van der Waals surface area contributed by atoms with Gasteiger partial charge in [-0.05, 0) is 30.5 Å². The lowest BCUT2D eigenvalue weighted by atomic mass is 10.1. The number of hydrogen-bond acceptors (Lipinski definition) is 4. The van der Waals surface area contributed by atoms with Gasteiger partial charge in [-0.15, -0.1) is 0 Å². The van der Waals surface area contributed by atoms with Gasteiger partial charge in [-0.1, -0.05) is 31.1 Å². The standard InChI is InChI=1S/C17H25N5O/c1-4-11-19-17(18-3)20-12-10-13-6-8-14(9-7-13)16-21-15(5-2)22-23-16/h6-9H,4-5,10-12H2,1-3H3,(H2,18,19,20). The highest BCUT2D eigenvalue weighted by molar-refractivity contribution is 5.79. The minimum Gasteiger partial charge on any atom is -0.356 e. The SMILES string of the molecule is CCCNC(=NC)NCCc1ccc(-c2nc(CC)no2)cc1. The van der Waals surface area contributed by atoms with Crippen molar-refractivity contribution in [1.82, 2.24) is 20.8 Å². The maximum Gasteiger partial charge on any atom is 0.257 e. The molecule has 0 aliphatic carbocycles. The molecule has 0 unspecified atom stereocenters. The first kappa shape index (κ1) is 17.0. The van der Waals surface area contributed by atoms with E-state index in [-0.39, 0.29) is 0 Å². The summed E-state index contributed by atoms with van der Waals surface area (Å²) in [6.07, 6.45) is 2.79. The molecule has 2 aromatic rings. The molecule has 2 N–H and O–H groups in total. The molecule has 0 aliphatic rings. The van der Waals surface area contributed by atoms with E-state index in [1.54, 1.807) is 7.05 Å². The Balaban J connectivity index is 1.85. The van der Waals surface area contributed by atoms with E-state index in [1.807, 2.05) is 19.1 Å². The average molecular weight is 315 g/mol. The molecule has 0 fully saturated rings. The molecule has 0 bridgehead atoms. The van der Waals surface area contributed by atoms with Crippen LogP contribution in [0.25, 0.3) is 11.5 Å². The molecule has 23 heavy (non-hydrogen) atoms. The Kier molecular flexibility index (Phi) is 6.59. The van der Waals surface area contributed by atoms with E-state index in [1.165, 1.54) is 5.56 Å². The topological polar surface area (TPSA) is 75.3 Å². The van der Waals surface area contributed by atoms with Crippen LogP contribution >= 0.6 is 0 Å². The minimum absolute atomic E-state index is 0.579. The summed E-state index contributed by atoms with van der Waals surface area (Å²) in [6, 6.07) is 8.23. The normalized spacial score (nSPS) is 11.5. The van der Waals surface area contributed by atoms with Crippen molar-refractivity contribution in [3.8, 4) is 11.5 Å². The highest BCUT2D eigenvalue weighted by atomic mass is 16.5. The van der Waals surface area contributed by atoms with Crippen LogP contribution in [-0.2, 0) is 12.8 Å². The number of aryl methyl sites for hydroxylation is 1. The van der Waals surface area contributed by atoms with Crippen molar-refractivity contribution >= 4 is 5.96 Å². The van der Waals surface area contributed by atoms with Gasteiger partial charge in [-0.3, -0.25) is 4.99 Å². The van der Waals surface area contributed by atoms with Gasteiger partial charge in [0.25, 0.3) is 5.89 Å². The van der Waals surface area contributed by atoms with Crippen LogP contribution in [0.5, 0.6) is 0 Å². The molecule has 0 aliphatic heterocycles. The molecule has 0 saturated carbocycles. The Bertz CT molecular complexity index is 618. The molecule has 2 rings (SSSR count). The third kappa shape index (κ3) is 5.09. The summed E-state index contributed by atoms with van der Waals surface area (Å²) >= 11 is 0.